The number of morpholine rings is 1. The monoisotopic (exact) mass is 173 g/mol. The van der Waals surface area contributed by atoms with Gasteiger partial charge >= 0.3 is 0 Å². The van der Waals surface area contributed by atoms with E-state index in [1.54, 1.807) is 0 Å². The van der Waals surface area contributed by atoms with Crippen LogP contribution in [0.3, 0.4) is 0 Å². The summed E-state index contributed by atoms with van der Waals surface area (Å²) in [5, 5.41) is 0. The maximum Gasteiger partial charge on any atom is 0.0806 e. The summed E-state index contributed by atoms with van der Waals surface area (Å²) in [6.45, 7) is 7.86. The Balaban J connectivity index is 2.39. The van der Waals surface area contributed by atoms with Gasteiger partial charge in [0, 0.05) is 19.0 Å². The van der Waals surface area contributed by atoms with Crippen molar-refractivity contribution in [2.75, 3.05) is 26.3 Å². The van der Waals surface area contributed by atoms with Gasteiger partial charge in [-0.1, -0.05) is 26.1 Å². The lowest BCUT2D eigenvalue weighted by molar-refractivity contribution is 0.0675. The molecule has 0 aromatic carbocycles. The van der Waals surface area contributed by atoms with Crippen molar-refractivity contribution in [1.29, 1.82) is 0 Å². The van der Waals surface area contributed by atoms with Crippen LogP contribution in [0.1, 0.15) is 13.8 Å². The van der Waals surface area contributed by atoms with E-state index < -0.39 is 0 Å². The third kappa shape index (κ3) is 2.42. The van der Waals surface area contributed by atoms with Crippen molar-refractivity contribution in [1.82, 2.24) is 4.90 Å². The minimum Gasteiger partial charge on any atom is -0.378 e. The molecular weight excluding hydrogens is 158 g/mol. The Morgan fingerprint density at radius 3 is 2.36 bits per heavy atom. The zero-order valence-electron chi connectivity index (χ0n) is 7.17. The van der Waals surface area contributed by atoms with E-state index in [9.17, 15) is 0 Å². The Hall–Kier alpha value is -0.150. The molecule has 0 spiro atoms. The van der Waals surface area contributed by atoms with Gasteiger partial charge in [-0.3, -0.25) is 0 Å². The minimum atomic E-state index is 0.489. The van der Waals surface area contributed by atoms with Crippen LogP contribution in [0, 0.1) is 5.92 Å². The summed E-state index contributed by atoms with van der Waals surface area (Å²) in [7, 11) is 0. The SMILES string of the molecule is CC(C)C(=S)N1CCOCC1. The van der Waals surface area contributed by atoms with Crippen molar-refractivity contribution >= 4 is 17.2 Å². The van der Waals surface area contributed by atoms with E-state index in [1.807, 2.05) is 0 Å². The van der Waals surface area contributed by atoms with Gasteiger partial charge < -0.3 is 9.64 Å². The number of ether oxygens (including phenoxy) is 1. The van der Waals surface area contributed by atoms with Crippen molar-refractivity contribution < 1.29 is 4.74 Å². The van der Waals surface area contributed by atoms with Crippen LogP contribution in [0.4, 0.5) is 0 Å². The normalized spacial score (nSPS) is 19.0. The number of hydrogen-bond donors (Lipinski definition) is 0. The van der Waals surface area contributed by atoms with Gasteiger partial charge in [0.25, 0.3) is 0 Å². The van der Waals surface area contributed by atoms with Crippen molar-refractivity contribution in [3.63, 3.8) is 0 Å². The van der Waals surface area contributed by atoms with Crippen molar-refractivity contribution in [2.24, 2.45) is 5.92 Å². The Bertz CT molecular complexity index is 141. The first-order chi connectivity index (χ1) is 5.22. The third-order valence-electron chi connectivity index (χ3n) is 1.82. The molecule has 0 aromatic rings. The summed E-state index contributed by atoms with van der Waals surface area (Å²) in [6, 6.07) is 0. The summed E-state index contributed by atoms with van der Waals surface area (Å²) >= 11 is 5.27. The molecule has 1 heterocycles. The van der Waals surface area contributed by atoms with E-state index >= 15 is 0 Å². The van der Waals surface area contributed by atoms with Crippen LogP contribution in [0.2, 0.25) is 0 Å². The van der Waals surface area contributed by atoms with Crippen LogP contribution in [-0.4, -0.2) is 36.2 Å². The Labute approximate surface area is 73.5 Å². The highest BCUT2D eigenvalue weighted by Crippen LogP contribution is 2.06. The molecule has 1 saturated heterocycles. The van der Waals surface area contributed by atoms with Crippen molar-refractivity contribution in [3.8, 4) is 0 Å². The molecule has 0 aliphatic carbocycles. The van der Waals surface area contributed by atoms with E-state index in [4.69, 9.17) is 17.0 Å². The highest BCUT2D eigenvalue weighted by Gasteiger charge is 2.15. The third-order valence-corrected chi connectivity index (χ3v) is 2.55. The predicted molar refractivity (Wildman–Crippen MR) is 49.8 cm³/mol. The second-order valence-electron chi connectivity index (χ2n) is 3.09. The Kier molecular flexibility index (Phi) is 3.27. The van der Waals surface area contributed by atoms with Crippen LogP contribution in [0.25, 0.3) is 0 Å². The lowest BCUT2D eigenvalue weighted by Crippen LogP contribution is -2.41. The largest absolute Gasteiger partial charge is 0.378 e. The molecule has 2 nitrogen and oxygen atoms in total. The maximum atomic E-state index is 5.27. The van der Waals surface area contributed by atoms with Gasteiger partial charge in [0.15, 0.2) is 0 Å². The molecule has 1 aliphatic rings. The predicted octanol–water partition coefficient (Wildman–Crippen LogP) is 1.30. The quantitative estimate of drug-likeness (QED) is 0.555. The van der Waals surface area contributed by atoms with Gasteiger partial charge in [-0.15, -0.1) is 0 Å². The van der Waals surface area contributed by atoms with E-state index in [-0.39, 0.29) is 0 Å². The van der Waals surface area contributed by atoms with Gasteiger partial charge in [-0.2, -0.15) is 0 Å². The number of hydrogen-bond acceptors (Lipinski definition) is 2. The summed E-state index contributed by atoms with van der Waals surface area (Å²) in [5.74, 6) is 0.489. The van der Waals surface area contributed by atoms with E-state index in [0.29, 0.717) is 5.92 Å². The number of rotatable bonds is 1. The first-order valence-corrected chi connectivity index (χ1v) is 4.49. The maximum absolute atomic E-state index is 5.27. The number of thiocarbonyl (C=S) groups is 1. The highest BCUT2D eigenvalue weighted by molar-refractivity contribution is 7.80. The summed E-state index contributed by atoms with van der Waals surface area (Å²) in [6.07, 6.45) is 0. The van der Waals surface area contributed by atoms with Crippen LogP contribution in [0.15, 0.2) is 0 Å². The van der Waals surface area contributed by atoms with Gasteiger partial charge in [0.2, 0.25) is 0 Å². The van der Waals surface area contributed by atoms with Gasteiger partial charge in [-0.25, -0.2) is 0 Å². The van der Waals surface area contributed by atoms with E-state index in [2.05, 4.69) is 18.7 Å². The van der Waals surface area contributed by atoms with Gasteiger partial charge in [-0.05, 0) is 0 Å². The molecule has 0 atom stereocenters. The molecule has 1 aliphatic heterocycles. The molecule has 0 radical (unpaired) electrons. The Morgan fingerprint density at radius 1 is 1.36 bits per heavy atom. The first kappa shape index (κ1) is 8.94. The van der Waals surface area contributed by atoms with Crippen LogP contribution >= 0.6 is 12.2 Å². The summed E-state index contributed by atoms with van der Waals surface area (Å²) in [4.78, 5) is 3.32. The average Bonchev–Trinajstić information content (AvgIpc) is 2.05. The average molecular weight is 173 g/mol. The lowest BCUT2D eigenvalue weighted by atomic mass is 10.2. The molecule has 1 fully saturated rings. The molecule has 0 saturated carbocycles. The van der Waals surface area contributed by atoms with Crippen LogP contribution in [0.5, 0.6) is 0 Å². The smallest absolute Gasteiger partial charge is 0.0806 e. The molecule has 0 bridgehead atoms. The zero-order valence-corrected chi connectivity index (χ0v) is 7.99. The van der Waals surface area contributed by atoms with E-state index in [0.717, 1.165) is 31.3 Å². The molecule has 0 aromatic heterocycles. The second-order valence-corrected chi connectivity index (χ2v) is 3.51. The standard InChI is InChI=1S/C8H15NOS/c1-7(2)8(11)9-3-5-10-6-4-9/h7H,3-6H2,1-2H3. The van der Waals surface area contributed by atoms with Crippen LogP contribution < -0.4 is 0 Å². The summed E-state index contributed by atoms with van der Waals surface area (Å²) in [5.41, 5.74) is 0. The molecule has 0 amide bonds. The summed E-state index contributed by atoms with van der Waals surface area (Å²) < 4.78 is 5.23. The topological polar surface area (TPSA) is 12.5 Å². The van der Waals surface area contributed by atoms with Gasteiger partial charge in [0.05, 0.1) is 18.2 Å². The fourth-order valence-electron chi connectivity index (χ4n) is 1.15. The van der Waals surface area contributed by atoms with Crippen molar-refractivity contribution in [3.05, 3.63) is 0 Å². The molecule has 11 heavy (non-hydrogen) atoms. The first-order valence-electron chi connectivity index (χ1n) is 4.08. The van der Waals surface area contributed by atoms with Crippen molar-refractivity contribution in [2.45, 2.75) is 13.8 Å². The molecule has 0 unspecified atom stereocenters. The molecule has 1 rings (SSSR count). The molecule has 64 valence electrons. The second kappa shape index (κ2) is 4.02. The Morgan fingerprint density at radius 2 is 1.91 bits per heavy atom. The fraction of sp³-hybridized carbons (Fsp3) is 0.875. The zero-order chi connectivity index (χ0) is 8.27. The molecule has 3 heteroatoms. The minimum absolute atomic E-state index is 0.489. The van der Waals surface area contributed by atoms with Gasteiger partial charge in [0.1, 0.15) is 0 Å². The molecule has 0 N–H and O–H groups in total. The van der Waals surface area contributed by atoms with E-state index in [1.165, 1.54) is 0 Å². The molecular formula is C8H15NOS. The fourth-order valence-corrected chi connectivity index (χ4v) is 1.33. The highest BCUT2D eigenvalue weighted by atomic mass is 32.1. The lowest BCUT2D eigenvalue weighted by Gasteiger charge is -2.30. The van der Waals surface area contributed by atoms with Crippen LogP contribution in [-0.2, 0) is 4.74 Å². The number of nitrogens with zero attached hydrogens (tertiary/aromatic N) is 1.